The molecule has 0 unspecified atom stereocenters. The van der Waals surface area contributed by atoms with Gasteiger partial charge in [-0.1, -0.05) is 30.3 Å². The lowest BCUT2D eigenvalue weighted by atomic mass is 10.1. The van der Waals surface area contributed by atoms with Crippen LogP contribution in [0.5, 0.6) is 0 Å². The molecule has 0 saturated heterocycles. The van der Waals surface area contributed by atoms with E-state index in [0.717, 1.165) is 19.5 Å². The second-order valence-corrected chi connectivity index (χ2v) is 6.54. The topological polar surface area (TPSA) is 40.5 Å². The Balaban J connectivity index is 1.92. The maximum Gasteiger partial charge on any atom is 0.304 e. The monoisotopic (exact) mass is 303 g/mol. The summed E-state index contributed by atoms with van der Waals surface area (Å²) in [5, 5.41) is 8.89. The summed E-state index contributed by atoms with van der Waals surface area (Å²) in [5.74, 6) is -0.734. The largest absolute Gasteiger partial charge is 0.481 e. The van der Waals surface area contributed by atoms with Gasteiger partial charge in [0.15, 0.2) is 0 Å². The Kier molecular flexibility index (Phi) is 5.96. The minimum atomic E-state index is -0.734. The Morgan fingerprint density at radius 2 is 1.90 bits per heavy atom. The van der Waals surface area contributed by atoms with Crippen LogP contribution in [0.25, 0.3) is 0 Å². The van der Waals surface area contributed by atoms with Gasteiger partial charge in [0.1, 0.15) is 0 Å². The molecule has 4 heteroatoms. The van der Waals surface area contributed by atoms with E-state index in [4.69, 9.17) is 5.11 Å². The van der Waals surface area contributed by atoms with E-state index in [2.05, 4.69) is 36.1 Å². The van der Waals surface area contributed by atoms with Gasteiger partial charge in [-0.3, -0.25) is 9.69 Å². The molecule has 1 heterocycles. The molecular weight excluding hydrogens is 282 g/mol. The number of aryl methyl sites for hydroxylation is 1. The van der Waals surface area contributed by atoms with Crippen molar-refractivity contribution in [1.29, 1.82) is 0 Å². The summed E-state index contributed by atoms with van der Waals surface area (Å²) in [4.78, 5) is 15.6. The Bertz CT molecular complexity index is 565. The number of carbonyl (C=O) groups is 1. The Morgan fingerprint density at radius 1 is 1.14 bits per heavy atom. The van der Waals surface area contributed by atoms with E-state index in [0.29, 0.717) is 6.54 Å². The van der Waals surface area contributed by atoms with Crippen molar-refractivity contribution >= 4 is 17.3 Å². The first-order chi connectivity index (χ1) is 10.1. The zero-order valence-corrected chi connectivity index (χ0v) is 13.1. The lowest BCUT2D eigenvalue weighted by molar-refractivity contribution is -0.137. The predicted octanol–water partition coefficient (Wildman–Crippen LogP) is 3.58. The molecule has 2 aromatic rings. The van der Waals surface area contributed by atoms with Crippen molar-refractivity contribution in [3.63, 3.8) is 0 Å². The molecule has 0 radical (unpaired) electrons. The second kappa shape index (κ2) is 7.96. The number of hydrogen-bond donors (Lipinski definition) is 1. The average Bonchev–Trinajstić information content (AvgIpc) is 2.88. The summed E-state index contributed by atoms with van der Waals surface area (Å²) in [6.45, 7) is 4.41. The van der Waals surface area contributed by atoms with Crippen molar-refractivity contribution in [2.45, 2.75) is 26.3 Å². The molecule has 0 spiro atoms. The molecule has 3 nitrogen and oxygen atoms in total. The molecule has 0 aliphatic heterocycles. The van der Waals surface area contributed by atoms with Crippen molar-refractivity contribution in [2.24, 2.45) is 0 Å². The summed E-state index contributed by atoms with van der Waals surface area (Å²) < 4.78 is 0. The van der Waals surface area contributed by atoms with Crippen LogP contribution in [0.4, 0.5) is 0 Å². The van der Waals surface area contributed by atoms with Crippen LogP contribution in [0.3, 0.4) is 0 Å². The van der Waals surface area contributed by atoms with Crippen molar-refractivity contribution in [1.82, 2.24) is 4.90 Å². The fourth-order valence-corrected chi connectivity index (χ4v) is 3.18. The number of thiophene rings is 1. The number of rotatable bonds is 8. The molecule has 1 aromatic carbocycles. The highest BCUT2D eigenvalue weighted by molar-refractivity contribution is 7.11. The molecule has 0 atom stereocenters. The van der Waals surface area contributed by atoms with Gasteiger partial charge in [-0.2, -0.15) is 0 Å². The predicted molar refractivity (Wildman–Crippen MR) is 86.7 cm³/mol. The van der Waals surface area contributed by atoms with Gasteiger partial charge in [0.05, 0.1) is 6.42 Å². The maximum atomic E-state index is 10.8. The number of hydrogen-bond acceptors (Lipinski definition) is 3. The van der Waals surface area contributed by atoms with Gasteiger partial charge in [-0.25, -0.2) is 0 Å². The molecule has 0 aliphatic rings. The summed E-state index contributed by atoms with van der Waals surface area (Å²) in [6.07, 6.45) is 1.14. The summed E-state index contributed by atoms with van der Waals surface area (Å²) >= 11 is 1.78. The van der Waals surface area contributed by atoms with E-state index in [-0.39, 0.29) is 6.42 Å². The lowest BCUT2D eigenvalue weighted by Gasteiger charge is -2.20. The third-order valence-corrected chi connectivity index (χ3v) is 4.36. The van der Waals surface area contributed by atoms with Gasteiger partial charge >= 0.3 is 5.97 Å². The minimum Gasteiger partial charge on any atom is -0.481 e. The first-order valence-electron chi connectivity index (χ1n) is 7.17. The molecule has 0 amide bonds. The van der Waals surface area contributed by atoms with Gasteiger partial charge in [0.2, 0.25) is 0 Å². The van der Waals surface area contributed by atoms with Crippen molar-refractivity contribution < 1.29 is 9.90 Å². The molecule has 1 aromatic heterocycles. The maximum absolute atomic E-state index is 10.8. The van der Waals surface area contributed by atoms with Crippen molar-refractivity contribution in [3.05, 3.63) is 57.8 Å². The zero-order chi connectivity index (χ0) is 15.1. The fraction of sp³-hybridized carbons (Fsp3) is 0.353. The summed E-state index contributed by atoms with van der Waals surface area (Å²) in [6, 6.07) is 14.6. The highest BCUT2D eigenvalue weighted by Crippen LogP contribution is 2.17. The Labute approximate surface area is 129 Å². The SMILES string of the molecule is Cc1ccc(CN(CCC(=O)O)CCc2ccccc2)s1. The molecule has 0 saturated carbocycles. The van der Waals surface area contributed by atoms with Gasteiger partial charge in [-0.05, 0) is 31.0 Å². The van der Waals surface area contributed by atoms with Gasteiger partial charge < -0.3 is 5.11 Å². The van der Waals surface area contributed by atoms with E-state index in [1.54, 1.807) is 11.3 Å². The first-order valence-corrected chi connectivity index (χ1v) is 7.98. The Morgan fingerprint density at radius 3 is 2.52 bits per heavy atom. The number of carboxylic acids is 1. The third-order valence-electron chi connectivity index (χ3n) is 3.38. The van der Waals surface area contributed by atoms with E-state index >= 15 is 0 Å². The van der Waals surface area contributed by atoms with Crippen LogP contribution in [-0.2, 0) is 17.8 Å². The van der Waals surface area contributed by atoms with Crippen LogP contribution in [0.15, 0.2) is 42.5 Å². The molecule has 1 N–H and O–H groups in total. The number of aliphatic carboxylic acids is 1. The van der Waals surface area contributed by atoms with Crippen LogP contribution in [-0.4, -0.2) is 29.1 Å². The molecule has 0 bridgehead atoms. The van der Waals surface area contributed by atoms with Gasteiger partial charge in [0, 0.05) is 29.4 Å². The fourth-order valence-electron chi connectivity index (χ4n) is 2.25. The van der Waals surface area contributed by atoms with Crippen LogP contribution in [0.1, 0.15) is 21.7 Å². The third kappa shape index (κ3) is 5.69. The van der Waals surface area contributed by atoms with Gasteiger partial charge in [0.25, 0.3) is 0 Å². The summed E-state index contributed by atoms with van der Waals surface area (Å²) in [7, 11) is 0. The normalized spacial score (nSPS) is 11.0. The van der Waals surface area contributed by atoms with Crippen LogP contribution in [0.2, 0.25) is 0 Å². The van der Waals surface area contributed by atoms with Crippen LogP contribution >= 0.6 is 11.3 Å². The number of carboxylic acid groups (broad SMARTS) is 1. The Hall–Kier alpha value is -1.65. The summed E-state index contributed by atoms with van der Waals surface area (Å²) in [5.41, 5.74) is 1.29. The average molecular weight is 303 g/mol. The molecule has 0 aliphatic carbocycles. The number of benzene rings is 1. The van der Waals surface area contributed by atoms with Crippen molar-refractivity contribution in [2.75, 3.05) is 13.1 Å². The standard InChI is InChI=1S/C17H21NO2S/c1-14-7-8-16(21-14)13-18(12-10-17(19)20)11-9-15-5-3-2-4-6-15/h2-8H,9-13H2,1H3,(H,19,20). The van der Waals surface area contributed by atoms with E-state index in [1.165, 1.54) is 15.3 Å². The highest BCUT2D eigenvalue weighted by atomic mass is 32.1. The molecular formula is C17H21NO2S. The first kappa shape index (κ1) is 15.7. The van der Waals surface area contributed by atoms with Crippen LogP contribution < -0.4 is 0 Å². The highest BCUT2D eigenvalue weighted by Gasteiger charge is 2.10. The van der Waals surface area contributed by atoms with E-state index in [1.807, 2.05) is 18.2 Å². The molecule has 21 heavy (non-hydrogen) atoms. The second-order valence-electron chi connectivity index (χ2n) is 5.17. The smallest absolute Gasteiger partial charge is 0.304 e. The lowest BCUT2D eigenvalue weighted by Crippen LogP contribution is -2.28. The number of nitrogens with zero attached hydrogens (tertiary/aromatic N) is 1. The molecule has 112 valence electrons. The van der Waals surface area contributed by atoms with E-state index in [9.17, 15) is 4.79 Å². The van der Waals surface area contributed by atoms with E-state index < -0.39 is 5.97 Å². The zero-order valence-electron chi connectivity index (χ0n) is 12.3. The van der Waals surface area contributed by atoms with Crippen molar-refractivity contribution in [3.8, 4) is 0 Å². The van der Waals surface area contributed by atoms with Crippen LogP contribution in [0, 0.1) is 6.92 Å². The molecule has 2 rings (SSSR count). The van der Waals surface area contributed by atoms with Gasteiger partial charge in [-0.15, -0.1) is 11.3 Å². The molecule has 0 fully saturated rings. The quantitative estimate of drug-likeness (QED) is 0.810. The minimum absolute atomic E-state index is 0.194.